The van der Waals surface area contributed by atoms with E-state index in [0.717, 1.165) is 42.3 Å². The fraction of sp³-hybridized carbons (Fsp3) is 0.500. The van der Waals surface area contributed by atoms with Gasteiger partial charge in [-0.15, -0.1) is 10.2 Å². The van der Waals surface area contributed by atoms with Gasteiger partial charge in [-0.25, -0.2) is 15.0 Å². The summed E-state index contributed by atoms with van der Waals surface area (Å²) in [5, 5.41) is 13.1. The molecule has 0 aromatic carbocycles. The summed E-state index contributed by atoms with van der Waals surface area (Å²) in [6.07, 6.45) is 5.31. The predicted molar refractivity (Wildman–Crippen MR) is 92.8 cm³/mol. The van der Waals surface area contributed by atoms with E-state index in [0.29, 0.717) is 16.8 Å². The molecule has 24 heavy (non-hydrogen) atoms. The summed E-state index contributed by atoms with van der Waals surface area (Å²) in [6.45, 7) is 3.98. The fourth-order valence-electron chi connectivity index (χ4n) is 3.10. The third kappa shape index (κ3) is 2.89. The number of hydrogen-bond acceptors (Lipinski definition) is 9. The first-order valence-corrected chi connectivity index (χ1v) is 8.76. The van der Waals surface area contributed by atoms with E-state index in [2.05, 4.69) is 47.3 Å². The van der Waals surface area contributed by atoms with Gasteiger partial charge in [-0.2, -0.15) is 0 Å². The van der Waals surface area contributed by atoms with Gasteiger partial charge in [0.05, 0.1) is 12.4 Å². The quantitative estimate of drug-likeness (QED) is 0.643. The Balaban J connectivity index is 1.39. The predicted octanol–water partition coefficient (Wildman–Crippen LogP) is 1.11. The molecule has 0 saturated carbocycles. The van der Waals surface area contributed by atoms with Gasteiger partial charge in [0, 0.05) is 19.1 Å². The van der Waals surface area contributed by atoms with Gasteiger partial charge in [0.1, 0.15) is 16.9 Å². The molecule has 0 unspecified atom stereocenters. The van der Waals surface area contributed by atoms with Gasteiger partial charge in [-0.05, 0) is 19.8 Å². The number of fused-ring (bicyclic) bond motifs is 1. The third-order valence-corrected chi connectivity index (χ3v) is 5.24. The Morgan fingerprint density at radius 2 is 2.12 bits per heavy atom. The molecule has 3 aromatic heterocycles. The lowest BCUT2D eigenvalue weighted by atomic mass is 10.0. The molecule has 1 fully saturated rings. The molecular formula is C14H19N9S. The van der Waals surface area contributed by atoms with Crippen LogP contribution in [0.4, 0.5) is 10.9 Å². The Morgan fingerprint density at radius 1 is 1.29 bits per heavy atom. The Kier molecular flexibility index (Phi) is 3.98. The number of nitrogens with one attached hydrogen (secondary N) is 2. The number of imidazole rings is 1. The van der Waals surface area contributed by atoms with Crippen molar-refractivity contribution < 1.29 is 0 Å². The highest BCUT2D eigenvalue weighted by Gasteiger charge is 2.24. The van der Waals surface area contributed by atoms with Crippen molar-refractivity contribution in [2.24, 2.45) is 0 Å². The molecule has 1 atom stereocenters. The molecule has 1 aliphatic heterocycles. The molecule has 9 nitrogen and oxygen atoms in total. The van der Waals surface area contributed by atoms with E-state index in [1.165, 1.54) is 11.3 Å². The lowest BCUT2D eigenvalue weighted by Gasteiger charge is -2.34. The lowest BCUT2D eigenvalue weighted by molar-refractivity contribution is 0.379. The van der Waals surface area contributed by atoms with Crippen molar-refractivity contribution in [3.8, 4) is 0 Å². The van der Waals surface area contributed by atoms with E-state index >= 15 is 0 Å². The van der Waals surface area contributed by atoms with Crippen molar-refractivity contribution >= 4 is 33.5 Å². The standard InChI is InChI=1S/C14H19N9S/c1-8(13-21-22-14(15)24-13)20-9-2-4-23(5-3-9)12-10-11(17-6-16-10)18-7-19-12/h6-9,20H,2-5H2,1H3,(H2,15,22)(H,16,17,18,19)/t8-/m0/s1. The van der Waals surface area contributed by atoms with Crippen LogP contribution >= 0.6 is 11.3 Å². The smallest absolute Gasteiger partial charge is 0.203 e. The molecule has 0 spiro atoms. The first-order valence-electron chi connectivity index (χ1n) is 7.94. The normalized spacial score (nSPS) is 17.5. The number of nitrogen functional groups attached to an aromatic ring is 1. The number of hydrogen-bond donors (Lipinski definition) is 3. The largest absolute Gasteiger partial charge is 0.374 e. The van der Waals surface area contributed by atoms with E-state index in [4.69, 9.17) is 5.73 Å². The monoisotopic (exact) mass is 345 g/mol. The van der Waals surface area contributed by atoms with Crippen LogP contribution in [0.2, 0.25) is 0 Å². The van der Waals surface area contributed by atoms with Crippen LogP contribution in [0.1, 0.15) is 30.8 Å². The minimum atomic E-state index is 0.162. The molecule has 0 aliphatic carbocycles. The SMILES string of the molecule is C[C@H](NC1CCN(c2ncnc3nc[nH]c23)CC1)c1nnc(N)s1. The van der Waals surface area contributed by atoms with Crippen molar-refractivity contribution in [1.82, 2.24) is 35.5 Å². The highest BCUT2D eigenvalue weighted by molar-refractivity contribution is 7.15. The molecule has 0 radical (unpaired) electrons. The molecular weight excluding hydrogens is 326 g/mol. The van der Waals surface area contributed by atoms with Crippen molar-refractivity contribution in [2.45, 2.75) is 31.8 Å². The number of H-pyrrole nitrogens is 1. The van der Waals surface area contributed by atoms with E-state index in [9.17, 15) is 0 Å². The van der Waals surface area contributed by atoms with Gasteiger partial charge in [0.25, 0.3) is 0 Å². The van der Waals surface area contributed by atoms with Crippen LogP contribution in [0.25, 0.3) is 11.2 Å². The first-order chi connectivity index (χ1) is 11.7. The number of rotatable bonds is 4. The molecule has 0 amide bonds. The number of piperidine rings is 1. The Morgan fingerprint density at radius 3 is 2.88 bits per heavy atom. The maximum Gasteiger partial charge on any atom is 0.203 e. The summed E-state index contributed by atoms with van der Waals surface area (Å²) >= 11 is 1.44. The number of nitrogens with zero attached hydrogens (tertiary/aromatic N) is 6. The van der Waals surface area contributed by atoms with Gasteiger partial charge in [0.2, 0.25) is 5.13 Å². The summed E-state index contributed by atoms with van der Waals surface area (Å²) in [5.41, 5.74) is 7.27. The molecule has 3 aromatic rings. The second-order valence-corrected chi connectivity index (χ2v) is 6.97. The van der Waals surface area contributed by atoms with Crippen LogP contribution in [0, 0.1) is 0 Å². The first kappa shape index (κ1) is 15.2. The summed E-state index contributed by atoms with van der Waals surface area (Å²) in [7, 11) is 0. The molecule has 4 rings (SSSR count). The van der Waals surface area contributed by atoms with E-state index < -0.39 is 0 Å². The lowest BCUT2D eigenvalue weighted by Crippen LogP contribution is -2.43. The van der Waals surface area contributed by atoms with Crippen LogP contribution in [-0.2, 0) is 0 Å². The average molecular weight is 345 g/mol. The van der Waals surface area contributed by atoms with Crippen LogP contribution in [-0.4, -0.2) is 49.3 Å². The van der Waals surface area contributed by atoms with Crippen molar-refractivity contribution in [2.75, 3.05) is 23.7 Å². The topological polar surface area (TPSA) is 122 Å². The molecule has 10 heteroatoms. The van der Waals surface area contributed by atoms with Gasteiger partial charge in [-0.1, -0.05) is 11.3 Å². The second kappa shape index (κ2) is 6.29. The van der Waals surface area contributed by atoms with Gasteiger partial charge in [0.15, 0.2) is 11.5 Å². The maximum atomic E-state index is 5.66. The van der Waals surface area contributed by atoms with Crippen LogP contribution in [0.5, 0.6) is 0 Å². The highest BCUT2D eigenvalue weighted by Crippen LogP contribution is 2.25. The number of nitrogens with two attached hydrogens (primary N) is 1. The van der Waals surface area contributed by atoms with Crippen LogP contribution < -0.4 is 16.0 Å². The highest BCUT2D eigenvalue weighted by atomic mass is 32.1. The average Bonchev–Trinajstić information content (AvgIpc) is 3.24. The molecule has 0 bridgehead atoms. The Bertz CT molecular complexity index is 820. The van der Waals surface area contributed by atoms with Crippen LogP contribution in [0.15, 0.2) is 12.7 Å². The van der Waals surface area contributed by atoms with Gasteiger partial charge >= 0.3 is 0 Å². The van der Waals surface area contributed by atoms with Crippen molar-refractivity contribution in [3.05, 3.63) is 17.7 Å². The van der Waals surface area contributed by atoms with Gasteiger partial charge < -0.3 is 20.9 Å². The van der Waals surface area contributed by atoms with E-state index in [1.807, 2.05) is 0 Å². The summed E-state index contributed by atoms with van der Waals surface area (Å²) in [5.74, 6) is 0.931. The van der Waals surface area contributed by atoms with Crippen molar-refractivity contribution in [3.63, 3.8) is 0 Å². The third-order valence-electron chi connectivity index (χ3n) is 4.31. The molecule has 1 aliphatic rings. The molecule has 1 saturated heterocycles. The summed E-state index contributed by atoms with van der Waals surface area (Å²) in [6, 6.07) is 0.607. The minimum Gasteiger partial charge on any atom is -0.374 e. The zero-order valence-corrected chi connectivity index (χ0v) is 14.1. The fourth-order valence-corrected chi connectivity index (χ4v) is 3.72. The summed E-state index contributed by atoms with van der Waals surface area (Å²) in [4.78, 5) is 18.2. The minimum absolute atomic E-state index is 0.162. The van der Waals surface area contributed by atoms with E-state index in [1.54, 1.807) is 12.7 Å². The van der Waals surface area contributed by atoms with Gasteiger partial charge in [-0.3, -0.25) is 0 Å². The van der Waals surface area contributed by atoms with Crippen LogP contribution in [0.3, 0.4) is 0 Å². The zero-order valence-electron chi connectivity index (χ0n) is 13.3. The molecule has 4 heterocycles. The van der Waals surface area contributed by atoms with E-state index in [-0.39, 0.29) is 6.04 Å². The second-order valence-electron chi connectivity index (χ2n) is 5.93. The summed E-state index contributed by atoms with van der Waals surface area (Å²) < 4.78 is 0. The Hall–Kier alpha value is -2.33. The number of aromatic amines is 1. The number of aromatic nitrogens is 6. The number of anilines is 2. The molecule has 126 valence electrons. The van der Waals surface area contributed by atoms with Crippen molar-refractivity contribution in [1.29, 1.82) is 0 Å². The molecule has 4 N–H and O–H groups in total. The maximum absolute atomic E-state index is 5.66. The zero-order chi connectivity index (χ0) is 16.5. The Labute approximate surface area is 142 Å².